The van der Waals surface area contributed by atoms with E-state index in [1.165, 1.54) is 0 Å². The predicted molar refractivity (Wildman–Crippen MR) is 63.0 cm³/mol. The quantitative estimate of drug-likeness (QED) is 0.481. The molecule has 1 aromatic carbocycles. The van der Waals surface area contributed by atoms with Gasteiger partial charge in [0.05, 0.1) is 0 Å². The number of hydrazine groups is 1. The minimum absolute atomic E-state index is 0. The number of ether oxygens (including phenoxy) is 1. The van der Waals surface area contributed by atoms with Crippen LogP contribution in [0.15, 0.2) is 30.3 Å². The molecule has 15 heavy (non-hydrogen) atoms. The Hall–Kier alpha value is -0.810. The fraction of sp³-hybridized carbons (Fsp3) is 0.222. The third-order valence-corrected chi connectivity index (χ3v) is 1.30. The zero-order valence-electron chi connectivity index (χ0n) is 8.27. The minimum atomic E-state index is -0.770. The van der Waals surface area contributed by atoms with Gasteiger partial charge in [-0.25, -0.2) is 4.79 Å². The second-order valence-electron chi connectivity index (χ2n) is 2.30. The van der Waals surface area contributed by atoms with Gasteiger partial charge >= 0.3 is 5.43 Å². The topological polar surface area (TPSA) is 64.3 Å². The maximum Gasteiger partial charge on any atom is 0.404 e. The highest BCUT2D eigenvalue weighted by atomic mass is 35.5. The van der Waals surface area contributed by atoms with Crippen LogP contribution in [0.25, 0.3) is 0 Å². The Morgan fingerprint density at radius 1 is 1.47 bits per heavy atom. The molecule has 1 rings (SSSR count). The Balaban J connectivity index is 0. The lowest BCUT2D eigenvalue weighted by molar-refractivity contribution is 0.167. The second-order valence-corrected chi connectivity index (χ2v) is 2.61. The number of benzene rings is 1. The third-order valence-electron chi connectivity index (χ3n) is 1.20. The van der Waals surface area contributed by atoms with Crippen molar-refractivity contribution >= 4 is 29.4 Å². The molecule has 0 fully saturated rings. The van der Waals surface area contributed by atoms with E-state index < -0.39 is 5.43 Å². The zero-order chi connectivity index (χ0) is 10.8. The molecule has 0 atom stereocenters. The van der Waals surface area contributed by atoms with E-state index in [1.54, 1.807) is 7.05 Å². The standard InChI is InChI=1S/C8H7ClO2.CH6N2.ClH/c9-8(10)11-6-7-4-2-1-3-5-7;1-3-2;/h1-5H,6H2;3H,2H2,1H3;1H. The van der Waals surface area contributed by atoms with Gasteiger partial charge in [-0.1, -0.05) is 30.3 Å². The molecule has 0 amide bonds. The smallest absolute Gasteiger partial charge is 0.404 e. The van der Waals surface area contributed by atoms with Crippen LogP contribution in [-0.4, -0.2) is 12.5 Å². The number of hydrogen-bond donors (Lipinski definition) is 2. The summed E-state index contributed by atoms with van der Waals surface area (Å²) in [4.78, 5) is 10.2. The fourth-order valence-electron chi connectivity index (χ4n) is 0.714. The van der Waals surface area contributed by atoms with Crippen molar-refractivity contribution in [1.82, 2.24) is 5.43 Å². The molecule has 0 saturated carbocycles. The highest BCUT2D eigenvalue weighted by Gasteiger charge is 1.95. The predicted octanol–water partition coefficient (Wildman–Crippen LogP) is 2.06. The molecule has 0 bridgehead atoms. The van der Waals surface area contributed by atoms with Crippen molar-refractivity contribution < 1.29 is 9.53 Å². The first-order chi connectivity index (χ1) is 6.70. The van der Waals surface area contributed by atoms with Crippen LogP contribution in [0.2, 0.25) is 0 Å². The van der Waals surface area contributed by atoms with Crippen molar-refractivity contribution in [2.45, 2.75) is 6.61 Å². The summed E-state index contributed by atoms with van der Waals surface area (Å²) in [6, 6.07) is 9.36. The normalized spacial score (nSPS) is 7.93. The Morgan fingerprint density at radius 3 is 2.33 bits per heavy atom. The maximum atomic E-state index is 10.2. The van der Waals surface area contributed by atoms with Gasteiger partial charge in [0.2, 0.25) is 0 Å². The average Bonchev–Trinajstić information content (AvgIpc) is 2.18. The number of hydrogen-bond acceptors (Lipinski definition) is 4. The van der Waals surface area contributed by atoms with E-state index >= 15 is 0 Å². The molecule has 0 radical (unpaired) electrons. The van der Waals surface area contributed by atoms with Gasteiger partial charge in [0.25, 0.3) is 0 Å². The van der Waals surface area contributed by atoms with Gasteiger partial charge in [0, 0.05) is 11.6 Å². The molecule has 0 heterocycles. The largest absolute Gasteiger partial charge is 0.449 e. The van der Waals surface area contributed by atoms with Crippen LogP contribution in [0.1, 0.15) is 5.56 Å². The van der Waals surface area contributed by atoms with Crippen LogP contribution in [0.4, 0.5) is 4.79 Å². The molecular formula is C9H14Cl2N2O2. The van der Waals surface area contributed by atoms with Crippen LogP contribution in [0.3, 0.4) is 0 Å². The summed E-state index contributed by atoms with van der Waals surface area (Å²) < 4.78 is 4.55. The number of rotatable bonds is 2. The minimum Gasteiger partial charge on any atom is -0.449 e. The molecule has 0 spiro atoms. The summed E-state index contributed by atoms with van der Waals surface area (Å²) in [5.41, 5.74) is 2.41. The Labute approximate surface area is 100 Å². The van der Waals surface area contributed by atoms with E-state index in [0.717, 1.165) is 5.56 Å². The van der Waals surface area contributed by atoms with Crippen molar-refractivity contribution in [2.24, 2.45) is 5.84 Å². The van der Waals surface area contributed by atoms with Gasteiger partial charge in [-0.05, 0) is 12.6 Å². The van der Waals surface area contributed by atoms with Crippen LogP contribution in [0.5, 0.6) is 0 Å². The third kappa shape index (κ3) is 11.1. The Kier molecular flexibility index (Phi) is 12.5. The van der Waals surface area contributed by atoms with Crippen molar-refractivity contribution in [3.05, 3.63) is 35.9 Å². The van der Waals surface area contributed by atoms with Gasteiger partial charge in [-0.3, -0.25) is 11.3 Å². The van der Waals surface area contributed by atoms with Crippen molar-refractivity contribution in [2.75, 3.05) is 7.05 Å². The van der Waals surface area contributed by atoms with Gasteiger partial charge in [-0.2, -0.15) is 0 Å². The summed E-state index contributed by atoms with van der Waals surface area (Å²) in [6.45, 7) is 0.239. The molecule has 0 saturated heterocycles. The first kappa shape index (κ1) is 16.6. The molecular weight excluding hydrogens is 239 g/mol. The van der Waals surface area contributed by atoms with Crippen molar-refractivity contribution in [3.8, 4) is 0 Å². The van der Waals surface area contributed by atoms with E-state index in [4.69, 9.17) is 11.6 Å². The first-order valence-corrected chi connectivity index (χ1v) is 4.32. The Bertz CT molecular complexity index is 258. The number of halogens is 2. The highest BCUT2D eigenvalue weighted by Crippen LogP contribution is 2.01. The molecule has 3 N–H and O–H groups in total. The van der Waals surface area contributed by atoms with E-state index in [9.17, 15) is 4.79 Å². The van der Waals surface area contributed by atoms with Crippen LogP contribution < -0.4 is 11.3 Å². The Morgan fingerprint density at radius 2 is 1.93 bits per heavy atom. The van der Waals surface area contributed by atoms with Crippen molar-refractivity contribution in [1.29, 1.82) is 0 Å². The molecule has 6 heteroatoms. The summed E-state index contributed by atoms with van der Waals surface area (Å²) in [7, 11) is 1.65. The highest BCUT2D eigenvalue weighted by molar-refractivity contribution is 6.61. The molecule has 0 aliphatic heterocycles. The molecule has 86 valence electrons. The number of carbonyl (C=O) groups is 1. The van der Waals surface area contributed by atoms with Crippen LogP contribution >= 0.6 is 24.0 Å². The lowest BCUT2D eigenvalue weighted by atomic mass is 10.2. The van der Waals surface area contributed by atoms with Crippen LogP contribution in [0, 0.1) is 0 Å². The van der Waals surface area contributed by atoms with Gasteiger partial charge in [-0.15, -0.1) is 12.4 Å². The monoisotopic (exact) mass is 252 g/mol. The SMILES string of the molecule is CNN.Cl.O=C(Cl)OCc1ccccc1. The lowest BCUT2D eigenvalue weighted by Crippen LogP contribution is -2.13. The maximum absolute atomic E-state index is 10.2. The molecule has 1 aromatic rings. The van der Waals surface area contributed by atoms with E-state index in [0.29, 0.717) is 0 Å². The molecule has 0 aliphatic carbocycles. The van der Waals surface area contributed by atoms with Crippen molar-refractivity contribution in [3.63, 3.8) is 0 Å². The van der Waals surface area contributed by atoms with Gasteiger partial charge in [0.15, 0.2) is 0 Å². The molecule has 0 aliphatic rings. The zero-order valence-corrected chi connectivity index (χ0v) is 9.85. The molecule has 4 nitrogen and oxygen atoms in total. The van der Waals surface area contributed by atoms with Crippen LogP contribution in [-0.2, 0) is 11.3 Å². The van der Waals surface area contributed by atoms with E-state index in [-0.39, 0.29) is 19.0 Å². The first-order valence-electron chi connectivity index (χ1n) is 3.94. The fourth-order valence-corrected chi connectivity index (χ4v) is 0.769. The number of nitrogens with two attached hydrogens (primary N) is 1. The molecule has 0 aromatic heterocycles. The summed E-state index contributed by atoms with van der Waals surface area (Å²) >= 11 is 4.97. The van der Waals surface area contributed by atoms with Gasteiger partial charge in [0.1, 0.15) is 6.61 Å². The lowest BCUT2D eigenvalue weighted by Gasteiger charge is -1.98. The number of nitrogens with one attached hydrogen (secondary N) is 1. The second kappa shape index (κ2) is 11.3. The molecule has 0 unspecified atom stereocenters. The summed E-state index contributed by atoms with van der Waals surface area (Å²) in [5.74, 6) is 4.60. The average molecular weight is 253 g/mol. The number of carbonyl (C=O) groups excluding carboxylic acids is 1. The van der Waals surface area contributed by atoms with Gasteiger partial charge < -0.3 is 4.74 Å². The summed E-state index contributed by atoms with van der Waals surface area (Å²) in [6.07, 6.45) is 0. The van der Waals surface area contributed by atoms with E-state index in [2.05, 4.69) is 16.0 Å². The van der Waals surface area contributed by atoms with E-state index in [1.807, 2.05) is 30.3 Å². The summed E-state index contributed by atoms with van der Waals surface area (Å²) in [5, 5.41) is 0.